The molecule has 1 aromatic rings. The van der Waals surface area contributed by atoms with Gasteiger partial charge in [0.1, 0.15) is 12.1 Å². The van der Waals surface area contributed by atoms with Crippen LogP contribution in [-0.4, -0.2) is 43.0 Å². The minimum atomic E-state index is -0.702. The summed E-state index contributed by atoms with van der Waals surface area (Å²) in [4.78, 5) is 26.0. The van der Waals surface area contributed by atoms with Crippen LogP contribution in [-0.2, 0) is 9.59 Å². The van der Waals surface area contributed by atoms with E-state index in [2.05, 4.69) is 16.2 Å². The SMILES string of the molecule is CN(C)C(=O)C(NC(=O)C1CC(N)NN1)c1ccccc1. The molecule has 2 rings (SSSR count). The van der Waals surface area contributed by atoms with E-state index in [-0.39, 0.29) is 18.0 Å². The normalized spacial score (nSPS) is 22.6. The first-order valence-electron chi connectivity index (χ1n) is 6.82. The predicted octanol–water partition coefficient (Wildman–Crippen LogP) is -0.917. The van der Waals surface area contributed by atoms with Gasteiger partial charge in [-0.1, -0.05) is 30.3 Å². The van der Waals surface area contributed by atoms with Crippen LogP contribution in [0.4, 0.5) is 0 Å². The van der Waals surface area contributed by atoms with Crippen LogP contribution in [0.1, 0.15) is 18.0 Å². The fraction of sp³-hybridized carbons (Fsp3) is 0.429. The highest BCUT2D eigenvalue weighted by molar-refractivity contribution is 5.90. The molecule has 5 N–H and O–H groups in total. The number of hydrogen-bond acceptors (Lipinski definition) is 5. The molecule has 7 heteroatoms. The molecule has 1 heterocycles. The largest absolute Gasteiger partial charge is 0.347 e. The van der Waals surface area contributed by atoms with E-state index in [9.17, 15) is 9.59 Å². The van der Waals surface area contributed by atoms with Gasteiger partial charge in [-0.3, -0.25) is 9.59 Å². The van der Waals surface area contributed by atoms with Gasteiger partial charge in [0, 0.05) is 20.5 Å². The zero-order valence-electron chi connectivity index (χ0n) is 12.2. The molecule has 7 nitrogen and oxygen atoms in total. The topological polar surface area (TPSA) is 99.5 Å². The molecule has 1 aliphatic heterocycles. The Bertz CT molecular complexity index is 505. The van der Waals surface area contributed by atoms with Crippen molar-refractivity contribution in [3.8, 4) is 0 Å². The van der Waals surface area contributed by atoms with E-state index in [0.717, 1.165) is 5.56 Å². The summed E-state index contributed by atoms with van der Waals surface area (Å²) < 4.78 is 0. The van der Waals surface area contributed by atoms with Gasteiger partial charge in [0.15, 0.2) is 0 Å². The third-order valence-corrected chi connectivity index (χ3v) is 3.36. The minimum absolute atomic E-state index is 0.176. The molecule has 0 radical (unpaired) electrons. The standard InChI is InChI=1S/C14H21N5O2/c1-19(2)14(21)12(9-6-4-3-5-7-9)16-13(20)10-8-11(15)18-17-10/h3-7,10-12,17-18H,8,15H2,1-2H3,(H,16,20). The Hall–Kier alpha value is -1.96. The summed E-state index contributed by atoms with van der Waals surface area (Å²) >= 11 is 0. The number of amides is 2. The number of carbonyl (C=O) groups is 2. The second kappa shape index (κ2) is 6.66. The lowest BCUT2D eigenvalue weighted by molar-refractivity contribution is -0.135. The van der Waals surface area contributed by atoms with Gasteiger partial charge in [0.05, 0.1) is 6.17 Å². The number of hydrogen-bond donors (Lipinski definition) is 4. The Morgan fingerprint density at radius 1 is 1.29 bits per heavy atom. The highest BCUT2D eigenvalue weighted by Gasteiger charge is 2.31. The summed E-state index contributed by atoms with van der Waals surface area (Å²) in [6.45, 7) is 0. The smallest absolute Gasteiger partial charge is 0.249 e. The molecular formula is C14H21N5O2. The number of hydrazine groups is 1. The maximum absolute atomic E-state index is 12.3. The number of rotatable bonds is 4. The Morgan fingerprint density at radius 3 is 2.48 bits per heavy atom. The molecule has 0 bridgehead atoms. The second-order valence-electron chi connectivity index (χ2n) is 5.27. The summed E-state index contributed by atoms with van der Waals surface area (Å²) in [5.41, 5.74) is 12.0. The van der Waals surface area contributed by atoms with Crippen LogP contribution in [0.15, 0.2) is 30.3 Å². The first-order chi connectivity index (χ1) is 9.99. The van der Waals surface area contributed by atoms with Gasteiger partial charge in [-0.2, -0.15) is 0 Å². The minimum Gasteiger partial charge on any atom is -0.347 e. The van der Waals surface area contributed by atoms with Crippen LogP contribution in [0.2, 0.25) is 0 Å². The lowest BCUT2D eigenvalue weighted by atomic mass is 10.0. The number of likely N-dealkylation sites (N-methyl/N-ethyl adjacent to an activating group) is 1. The quantitative estimate of drug-likeness (QED) is 0.575. The molecule has 0 saturated carbocycles. The van der Waals surface area contributed by atoms with Crippen LogP contribution in [0.5, 0.6) is 0 Å². The van der Waals surface area contributed by atoms with E-state index in [4.69, 9.17) is 5.73 Å². The molecule has 3 unspecified atom stereocenters. The fourth-order valence-corrected chi connectivity index (χ4v) is 2.19. The van der Waals surface area contributed by atoms with E-state index in [1.165, 1.54) is 4.90 Å². The lowest BCUT2D eigenvalue weighted by Gasteiger charge is -2.23. The van der Waals surface area contributed by atoms with E-state index < -0.39 is 12.1 Å². The Kier molecular flexibility index (Phi) is 4.89. The van der Waals surface area contributed by atoms with Crippen molar-refractivity contribution in [3.05, 3.63) is 35.9 Å². The molecule has 0 spiro atoms. The molecule has 2 amide bonds. The summed E-state index contributed by atoms with van der Waals surface area (Å²) in [6.07, 6.45) is 0.212. The molecule has 114 valence electrons. The average molecular weight is 291 g/mol. The van der Waals surface area contributed by atoms with Crippen molar-refractivity contribution in [2.75, 3.05) is 14.1 Å². The van der Waals surface area contributed by atoms with Crippen molar-refractivity contribution in [2.24, 2.45) is 5.73 Å². The Balaban J connectivity index is 2.13. The van der Waals surface area contributed by atoms with Gasteiger partial charge >= 0.3 is 0 Å². The maximum Gasteiger partial charge on any atom is 0.249 e. The van der Waals surface area contributed by atoms with Crippen molar-refractivity contribution in [1.82, 2.24) is 21.1 Å². The lowest BCUT2D eigenvalue weighted by Crippen LogP contribution is -2.48. The zero-order chi connectivity index (χ0) is 15.4. The number of benzene rings is 1. The van der Waals surface area contributed by atoms with Gasteiger partial charge in [0.25, 0.3) is 0 Å². The second-order valence-corrected chi connectivity index (χ2v) is 5.27. The van der Waals surface area contributed by atoms with Gasteiger partial charge < -0.3 is 16.0 Å². The van der Waals surface area contributed by atoms with Crippen molar-refractivity contribution in [2.45, 2.75) is 24.7 Å². The van der Waals surface area contributed by atoms with Crippen LogP contribution in [0.3, 0.4) is 0 Å². The first-order valence-corrected chi connectivity index (χ1v) is 6.82. The predicted molar refractivity (Wildman–Crippen MR) is 78.7 cm³/mol. The van der Waals surface area contributed by atoms with E-state index in [1.54, 1.807) is 14.1 Å². The van der Waals surface area contributed by atoms with E-state index in [1.807, 2.05) is 30.3 Å². The summed E-state index contributed by atoms with van der Waals surface area (Å²) in [7, 11) is 3.32. The third-order valence-electron chi connectivity index (χ3n) is 3.36. The average Bonchev–Trinajstić information content (AvgIpc) is 2.91. The van der Waals surface area contributed by atoms with Gasteiger partial charge in [-0.15, -0.1) is 0 Å². The molecule has 1 aromatic carbocycles. The van der Waals surface area contributed by atoms with Gasteiger partial charge in [-0.25, -0.2) is 10.9 Å². The third kappa shape index (κ3) is 3.78. The zero-order valence-corrected chi connectivity index (χ0v) is 12.2. The fourth-order valence-electron chi connectivity index (χ4n) is 2.19. The van der Waals surface area contributed by atoms with Crippen molar-refractivity contribution in [1.29, 1.82) is 0 Å². The van der Waals surface area contributed by atoms with Crippen molar-refractivity contribution >= 4 is 11.8 Å². The highest BCUT2D eigenvalue weighted by atomic mass is 16.2. The summed E-state index contributed by atoms with van der Waals surface area (Å²) in [5, 5.41) is 2.79. The highest BCUT2D eigenvalue weighted by Crippen LogP contribution is 2.15. The maximum atomic E-state index is 12.3. The Labute approximate surface area is 123 Å². The number of nitrogens with zero attached hydrogens (tertiary/aromatic N) is 1. The van der Waals surface area contributed by atoms with Crippen LogP contribution < -0.4 is 21.9 Å². The van der Waals surface area contributed by atoms with Crippen LogP contribution in [0, 0.1) is 0 Å². The molecular weight excluding hydrogens is 270 g/mol. The molecule has 1 aliphatic rings. The van der Waals surface area contributed by atoms with Crippen molar-refractivity contribution in [3.63, 3.8) is 0 Å². The van der Waals surface area contributed by atoms with E-state index >= 15 is 0 Å². The summed E-state index contributed by atoms with van der Waals surface area (Å²) in [6, 6.07) is 8.03. The summed E-state index contributed by atoms with van der Waals surface area (Å²) in [5.74, 6) is -0.427. The van der Waals surface area contributed by atoms with Gasteiger partial charge in [-0.05, 0) is 5.56 Å². The molecule has 1 fully saturated rings. The molecule has 1 saturated heterocycles. The van der Waals surface area contributed by atoms with Crippen LogP contribution in [0.25, 0.3) is 0 Å². The number of nitrogens with one attached hydrogen (secondary N) is 3. The van der Waals surface area contributed by atoms with E-state index in [0.29, 0.717) is 6.42 Å². The van der Waals surface area contributed by atoms with Crippen LogP contribution >= 0.6 is 0 Å². The Morgan fingerprint density at radius 2 is 1.95 bits per heavy atom. The first kappa shape index (κ1) is 15.4. The molecule has 0 aliphatic carbocycles. The number of nitrogens with two attached hydrogens (primary N) is 1. The monoisotopic (exact) mass is 291 g/mol. The molecule has 3 atom stereocenters. The van der Waals surface area contributed by atoms with Gasteiger partial charge in [0.2, 0.25) is 11.8 Å². The molecule has 21 heavy (non-hydrogen) atoms. The van der Waals surface area contributed by atoms with Crippen molar-refractivity contribution < 1.29 is 9.59 Å². The molecule has 0 aromatic heterocycles. The number of carbonyl (C=O) groups excluding carboxylic acids is 2.